The summed E-state index contributed by atoms with van der Waals surface area (Å²) < 4.78 is 5.81. The summed E-state index contributed by atoms with van der Waals surface area (Å²) in [5, 5.41) is 3.82. The molecule has 0 amide bonds. The van der Waals surface area contributed by atoms with Crippen LogP contribution in [0.3, 0.4) is 0 Å². The van der Waals surface area contributed by atoms with Gasteiger partial charge in [-0.2, -0.15) is 0 Å². The Labute approximate surface area is 117 Å². The highest BCUT2D eigenvalue weighted by Gasteiger charge is 2.58. The second-order valence-electron chi connectivity index (χ2n) is 7.61. The van der Waals surface area contributed by atoms with Crippen LogP contribution in [0.15, 0.2) is 0 Å². The monoisotopic (exact) mass is 266 g/mol. The maximum atomic E-state index is 6.65. The summed E-state index contributed by atoms with van der Waals surface area (Å²) in [6, 6.07) is 0.752. The Hall–Kier alpha value is -0.120. The highest BCUT2D eigenvalue weighted by molar-refractivity contribution is 5.15. The van der Waals surface area contributed by atoms with E-state index in [1.807, 2.05) is 0 Å². The summed E-state index contributed by atoms with van der Waals surface area (Å²) in [7, 11) is 0. The average molecular weight is 266 g/mol. The molecule has 110 valence electrons. The van der Waals surface area contributed by atoms with Gasteiger partial charge in [0.15, 0.2) is 0 Å². The molecule has 3 fully saturated rings. The summed E-state index contributed by atoms with van der Waals surface area (Å²) >= 11 is 0. The molecule has 2 unspecified atom stereocenters. The third kappa shape index (κ3) is 2.45. The van der Waals surface area contributed by atoms with Crippen molar-refractivity contribution < 1.29 is 4.74 Å². The van der Waals surface area contributed by atoms with E-state index in [1.165, 1.54) is 25.7 Å². The number of rotatable bonds is 7. The number of hydrogen-bond donors (Lipinski definition) is 2. The van der Waals surface area contributed by atoms with E-state index in [2.05, 4.69) is 26.1 Å². The molecule has 3 aliphatic carbocycles. The first-order chi connectivity index (χ1) is 8.98. The Morgan fingerprint density at radius 2 is 1.79 bits per heavy atom. The zero-order valence-electron chi connectivity index (χ0n) is 12.7. The molecule has 2 atom stereocenters. The maximum Gasteiger partial charge on any atom is 0.0662 e. The van der Waals surface area contributed by atoms with Gasteiger partial charge in [-0.3, -0.25) is 0 Å². The number of hydrogen-bond acceptors (Lipinski definition) is 3. The molecule has 0 radical (unpaired) electrons. The molecule has 0 aromatic carbocycles. The molecule has 0 heterocycles. The SMILES string of the molecule is CCOC1CC(N)(CNC(C2CC2)C2CC2)C1(C)C. The van der Waals surface area contributed by atoms with Crippen molar-refractivity contribution in [2.24, 2.45) is 23.0 Å². The molecule has 3 heteroatoms. The number of ether oxygens (including phenoxy) is 1. The lowest BCUT2D eigenvalue weighted by atomic mass is 9.54. The fourth-order valence-electron chi connectivity index (χ4n) is 3.74. The van der Waals surface area contributed by atoms with Gasteiger partial charge in [0.2, 0.25) is 0 Å². The smallest absolute Gasteiger partial charge is 0.0662 e. The molecule has 0 spiro atoms. The molecule has 3 rings (SSSR count). The third-order valence-corrected chi connectivity index (χ3v) is 5.92. The Bertz CT molecular complexity index is 324. The highest BCUT2D eigenvalue weighted by atomic mass is 16.5. The molecule has 0 saturated heterocycles. The fourth-order valence-corrected chi connectivity index (χ4v) is 3.74. The topological polar surface area (TPSA) is 47.3 Å². The Morgan fingerprint density at radius 1 is 1.21 bits per heavy atom. The molecule has 3 N–H and O–H groups in total. The van der Waals surface area contributed by atoms with Gasteiger partial charge in [0, 0.05) is 30.1 Å². The minimum atomic E-state index is -0.0884. The van der Waals surface area contributed by atoms with Crippen LogP contribution in [-0.2, 0) is 4.74 Å². The standard InChI is InChI=1S/C16H30N2O/c1-4-19-13-9-16(17,15(13,2)3)10-18-14(11-5-6-11)12-7-8-12/h11-14,18H,4-10,17H2,1-3H3. The maximum absolute atomic E-state index is 6.65. The van der Waals surface area contributed by atoms with E-state index in [9.17, 15) is 0 Å². The lowest BCUT2D eigenvalue weighted by Gasteiger charge is -2.59. The van der Waals surface area contributed by atoms with Gasteiger partial charge in [0.05, 0.1) is 6.10 Å². The van der Waals surface area contributed by atoms with Crippen molar-refractivity contribution in [3.8, 4) is 0 Å². The Kier molecular flexibility index (Phi) is 3.43. The number of nitrogens with one attached hydrogen (secondary N) is 1. The molecule has 0 aromatic rings. The zero-order chi connectivity index (χ0) is 13.7. The van der Waals surface area contributed by atoms with Gasteiger partial charge in [0.25, 0.3) is 0 Å². The van der Waals surface area contributed by atoms with Crippen molar-refractivity contribution in [2.75, 3.05) is 13.2 Å². The molecule has 3 saturated carbocycles. The molecule has 0 bridgehead atoms. The molecular weight excluding hydrogens is 236 g/mol. The Balaban J connectivity index is 1.54. The summed E-state index contributed by atoms with van der Waals surface area (Å²) in [5.41, 5.74) is 6.65. The van der Waals surface area contributed by atoms with Gasteiger partial charge in [-0.15, -0.1) is 0 Å². The van der Waals surface area contributed by atoms with Crippen LogP contribution in [0.5, 0.6) is 0 Å². The average Bonchev–Trinajstić information content (AvgIpc) is 3.23. The number of nitrogens with two attached hydrogens (primary N) is 1. The van der Waals surface area contributed by atoms with E-state index in [0.29, 0.717) is 6.10 Å². The van der Waals surface area contributed by atoms with Crippen LogP contribution in [0, 0.1) is 17.3 Å². The van der Waals surface area contributed by atoms with Crippen LogP contribution in [0.2, 0.25) is 0 Å². The highest BCUT2D eigenvalue weighted by Crippen LogP contribution is 2.50. The van der Waals surface area contributed by atoms with Crippen molar-refractivity contribution >= 4 is 0 Å². The van der Waals surface area contributed by atoms with Gasteiger partial charge in [0.1, 0.15) is 0 Å². The fraction of sp³-hybridized carbons (Fsp3) is 1.00. The van der Waals surface area contributed by atoms with E-state index in [4.69, 9.17) is 10.5 Å². The Morgan fingerprint density at radius 3 is 2.21 bits per heavy atom. The van der Waals surface area contributed by atoms with Gasteiger partial charge in [-0.25, -0.2) is 0 Å². The van der Waals surface area contributed by atoms with Crippen molar-refractivity contribution in [1.82, 2.24) is 5.32 Å². The van der Waals surface area contributed by atoms with Gasteiger partial charge < -0.3 is 15.8 Å². The predicted octanol–water partition coefficient (Wildman–Crippen LogP) is 2.30. The summed E-state index contributed by atoms with van der Waals surface area (Å²) in [4.78, 5) is 0. The van der Waals surface area contributed by atoms with Crippen LogP contribution in [0.1, 0.15) is 52.9 Å². The predicted molar refractivity (Wildman–Crippen MR) is 78.0 cm³/mol. The molecule has 0 aromatic heterocycles. The minimum Gasteiger partial charge on any atom is -0.378 e. The second kappa shape index (κ2) is 4.71. The van der Waals surface area contributed by atoms with E-state index < -0.39 is 0 Å². The van der Waals surface area contributed by atoms with Crippen molar-refractivity contribution in [3.05, 3.63) is 0 Å². The summed E-state index contributed by atoms with van der Waals surface area (Å²) in [5.74, 6) is 1.89. The van der Waals surface area contributed by atoms with Crippen molar-refractivity contribution in [2.45, 2.75) is 70.6 Å². The first-order valence-corrected chi connectivity index (χ1v) is 8.12. The van der Waals surface area contributed by atoms with Gasteiger partial charge in [-0.05, 0) is 50.9 Å². The molecule has 3 aliphatic rings. The first-order valence-electron chi connectivity index (χ1n) is 8.12. The van der Waals surface area contributed by atoms with Crippen LogP contribution in [0.4, 0.5) is 0 Å². The van der Waals surface area contributed by atoms with Crippen LogP contribution < -0.4 is 11.1 Å². The molecule has 3 nitrogen and oxygen atoms in total. The van der Waals surface area contributed by atoms with Crippen LogP contribution in [0.25, 0.3) is 0 Å². The summed E-state index contributed by atoms with van der Waals surface area (Å²) in [6.45, 7) is 8.36. The first kappa shape index (κ1) is 13.8. The van der Waals surface area contributed by atoms with Crippen LogP contribution in [-0.4, -0.2) is 30.8 Å². The quantitative estimate of drug-likeness (QED) is 0.743. The molecular formula is C16H30N2O. The second-order valence-corrected chi connectivity index (χ2v) is 7.61. The largest absolute Gasteiger partial charge is 0.378 e. The van der Waals surface area contributed by atoms with Crippen LogP contribution >= 0.6 is 0 Å². The summed E-state index contributed by atoms with van der Waals surface area (Å²) in [6.07, 6.45) is 7.05. The van der Waals surface area contributed by atoms with Gasteiger partial charge in [-0.1, -0.05) is 13.8 Å². The van der Waals surface area contributed by atoms with E-state index >= 15 is 0 Å². The molecule has 19 heavy (non-hydrogen) atoms. The van der Waals surface area contributed by atoms with E-state index in [1.54, 1.807) is 0 Å². The zero-order valence-corrected chi connectivity index (χ0v) is 12.7. The van der Waals surface area contributed by atoms with E-state index in [-0.39, 0.29) is 11.0 Å². The normalized spacial score (nSPS) is 37.4. The molecule has 0 aliphatic heterocycles. The lowest BCUT2D eigenvalue weighted by molar-refractivity contribution is -0.148. The van der Waals surface area contributed by atoms with E-state index in [0.717, 1.165) is 37.5 Å². The third-order valence-electron chi connectivity index (χ3n) is 5.92. The lowest BCUT2D eigenvalue weighted by Crippen LogP contribution is -2.73. The van der Waals surface area contributed by atoms with Crippen molar-refractivity contribution in [3.63, 3.8) is 0 Å². The van der Waals surface area contributed by atoms with Crippen molar-refractivity contribution in [1.29, 1.82) is 0 Å². The minimum absolute atomic E-state index is 0.0884. The van der Waals surface area contributed by atoms with Gasteiger partial charge >= 0.3 is 0 Å².